The molecule has 0 atom stereocenters. The fourth-order valence-electron chi connectivity index (χ4n) is 2.37. The van der Waals surface area contributed by atoms with Gasteiger partial charge in [-0.05, 0) is 28.6 Å². The molecular weight excluding hydrogens is 270 g/mol. The number of hydrogen-bond acceptors (Lipinski definition) is 4. The molecule has 1 heterocycles. The van der Waals surface area contributed by atoms with E-state index in [9.17, 15) is 9.59 Å². The van der Waals surface area contributed by atoms with E-state index in [0.29, 0.717) is 16.5 Å². The van der Waals surface area contributed by atoms with Crippen molar-refractivity contribution < 1.29 is 14.3 Å². The minimum absolute atomic E-state index is 0.237. The fourth-order valence-corrected chi connectivity index (χ4v) is 2.37. The van der Waals surface area contributed by atoms with Crippen LogP contribution in [0.3, 0.4) is 0 Å². The molecule has 0 amide bonds. The van der Waals surface area contributed by atoms with Crippen molar-refractivity contribution in [2.24, 2.45) is 5.11 Å². The van der Waals surface area contributed by atoms with Crippen LogP contribution in [0.5, 0.6) is 0 Å². The first-order valence-corrected chi connectivity index (χ1v) is 6.22. The summed E-state index contributed by atoms with van der Waals surface area (Å²) in [7, 11) is 0. The maximum absolute atomic E-state index is 11.8. The number of esters is 2. The molecule has 3 rings (SSSR count). The molecule has 0 spiro atoms. The molecule has 0 radical (unpaired) electrons. The summed E-state index contributed by atoms with van der Waals surface area (Å²) in [6.07, 6.45) is 3.51. The summed E-state index contributed by atoms with van der Waals surface area (Å²) in [4.78, 5) is 26.2. The molecule has 0 unspecified atom stereocenters. The van der Waals surface area contributed by atoms with Crippen LogP contribution < -0.4 is 0 Å². The van der Waals surface area contributed by atoms with Crippen LogP contribution >= 0.6 is 0 Å². The Labute approximate surface area is 119 Å². The van der Waals surface area contributed by atoms with Gasteiger partial charge in [0.25, 0.3) is 0 Å². The van der Waals surface area contributed by atoms with Crippen LogP contribution in [-0.4, -0.2) is 18.5 Å². The lowest BCUT2D eigenvalue weighted by atomic mass is 9.94. The predicted octanol–water partition coefficient (Wildman–Crippen LogP) is 3.47. The zero-order valence-corrected chi connectivity index (χ0v) is 10.8. The highest BCUT2D eigenvalue weighted by molar-refractivity contribution is 6.21. The van der Waals surface area contributed by atoms with Crippen molar-refractivity contribution in [2.45, 2.75) is 0 Å². The number of cyclic esters (lactones) is 2. The average molecular weight is 279 g/mol. The Kier molecular flexibility index (Phi) is 3.14. The van der Waals surface area contributed by atoms with Crippen molar-refractivity contribution in [3.8, 4) is 0 Å². The summed E-state index contributed by atoms with van der Waals surface area (Å²) in [5, 5.41) is 4.81. The summed E-state index contributed by atoms with van der Waals surface area (Å²) in [5.41, 5.74) is 9.84. The summed E-state index contributed by atoms with van der Waals surface area (Å²) in [5.74, 6) is -1.26. The summed E-state index contributed by atoms with van der Waals surface area (Å²) < 4.78 is 4.70. The van der Waals surface area contributed by atoms with Gasteiger partial charge in [0.1, 0.15) is 0 Å². The number of benzene rings is 2. The van der Waals surface area contributed by atoms with Gasteiger partial charge in [-0.25, -0.2) is 9.59 Å². The predicted molar refractivity (Wildman–Crippen MR) is 76.7 cm³/mol. The molecule has 2 aromatic carbocycles. The molecule has 0 saturated carbocycles. The summed E-state index contributed by atoms with van der Waals surface area (Å²) in [6.45, 7) is 0.237. The van der Waals surface area contributed by atoms with E-state index < -0.39 is 11.9 Å². The van der Waals surface area contributed by atoms with Crippen molar-refractivity contribution in [1.82, 2.24) is 0 Å². The van der Waals surface area contributed by atoms with Crippen molar-refractivity contribution in [1.29, 1.82) is 0 Å². The normalized spacial score (nSPS) is 13.3. The highest BCUT2D eigenvalue weighted by Gasteiger charge is 2.27. The Hall–Kier alpha value is -3.11. The van der Waals surface area contributed by atoms with Crippen molar-refractivity contribution in [3.05, 3.63) is 63.5 Å². The third-order valence-corrected chi connectivity index (χ3v) is 3.25. The molecule has 0 aliphatic carbocycles. The zero-order valence-electron chi connectivity index (χ0n) is 10.8. The molecule has 1 aliphatic rings. The molecular formula is C15H9N3O3. The molecule has 1 aliphatic heterocycles. The first-order chi connectivity index (χ1) is 10.2. The Morgan fingerprint density at radius 1 is 1.14 bits per heavy atom. The van der Waals surface area contributed by atoms with E-state index in [1.807, 2.05) is 6.07 Å². The number of azide groups is 1. The molecule has 0 fully saturated rings. The second-order valence-electron chi connectivity index (χ2n) is 4.42. The number of hydrogen-bond donors (Lipinski definition) is 0. The first kappa shape index (κ1) is 12.9. The van der Waals surface area contributed by atoms with Gasteiger partial charge in [0, 0.05) is 16.8 Å². The van der Waals surface area contributed by atoms with Crippen molar-refractivity contribution in [2.75, 3.05) is 6.54 Å². The number of nitrogens with zero attached hydrogens (tertiary/aromatic N) is 3. The standard InChI is InChI=1S/C15H9N3O3/c16-18-17-8-2-3-9-6-7-12-13-10(9)4-1-5-11(13)14(19)21-15(12)20/h1-7H,8H2. The molecule has 21 heavy (non-hydrogen) atoms. The molecule has 0 aromatic heterocycles. The second-order valence-corrected chi connectivity index (χ2v) is 4.42. The van der Waals surface area contributed by atoms with E-state index in [2.05, 4.69) is 10.0 Å². The maximum Gasteiger partial charge on any atom is 0.346 e. The Bertz CT molecular complexity index is 828. The van der Waals surface area contributed by atoms with Crippen LogP contribution in [-0.2, 0) is 4.74 Å². The Morgan fingerprint density at radius 3 is 2.67 bits per heavy atom. The van der Waals surface area contributed by atoms with Gasteiger partial charge >= 0.3 is 11.9 Å². The van der Waals surface area contributed by atoms with Gasteiger partial charge in [0.05, 0.1) is 11.1 Å². The number of rotatable bonds is 3. The Balaban J connectivity index is 2.21. The first-order valence-electron chi connectivity index (χ1n) is 6.22. The zero-order chi connectivity index (χ0) is 14.8. The highest BCUT2D eigenvalue weighted by Crippen LogP contribution is 2.31. The van der Waals surface area contributed by atoms with Gasteiger partial charge in [-0.1, -0.05) is 35.5 Å². The van der Waals surface area contributed by atoms with Crippen LogP contribution in [0.25, 0.3) is 27.3 Å². The average Bonchev–Trinajstić information content (AvgIpc) is 2.49. The third-order valence-electron chi connectivity index (χ3n) is 3.25. The molecule has 0 bridgehead atoms. The van der Waals surface area contributed by atoms with Crippen LogP contribution in [0.4, 0.5) is 0 Å². The van der Waals surface area contributed by atoms with Crippen LogP contribution in [0.2, 0.25) is 0 Å². The number of carbonyl (C=O) groups is 2. The molecule has 6 nitrogen and oxygen atoms in total. The van der Waals surface area contributed by atoms with Gasteiger partial charge in [-0.15, -0.1) is 0 Å². The molecule has 0 N–H and O–H groups in total. The minimum Gasteiger partial charge on any atom is -0.386 e. The van der Waals surface area contributed by atoms with Gasteiger partial charge < -0.3 is 4.74 Å². The van der Waals surface area contributed by atoms with E-state index in [1.54, 1.807) is 36.4 Å². The van der Waals surface area contributed by atoms with E-state index in [1.165, 1.54) is 0 Å². The summed E-state index contributed by atoms with van der Waals surface area (Å²) in [6, 6.07) is 8.61. The molecule has 6 heteroatoms. The third kappa shape index (κ3) is 2.13. The van der Waals surface area contributed by atoms with E-state index in [-0.39, 0.29) is 6.54 Å². The summed E-state index contributed by atoms with van der Waals surface area (Å²) >= 11 is 0. The van der Waals surface area contributed by atoms with Gasteiger partial charge in [-0.3, -0.25) is 0 Å². The second kappa shape index (κ2) is 5.11. The maximum atomic E-state index is 11.8. The van der Waals surface area contributed by atoms with E-state index in [0.717, 1.165) is 10.9 Å². The van der Waals surface area contributed by atoms with Crippen molar-refractivity contribution >= 4 is 28.8 Å². The van der Waals surface area contributed by atoms with Gasteiger partial charge in [0.15, 0.2) is 0 Å². The van der Waals surface area contributed by atoms with Crippen molar-refractivity contribution in [3.63, 3.8) is 0 Å². The smallest absolute Gasteiger partial charge is 0.346 e. The SMILES string of the molecule is [N-]=[N+]=NCC=Cc1ccc2c3c(cccc13)C(=O)OC2=O. The van der Waals surface area contributed by atoms with Crippen LogP contribution in [0.1, 0.15) is 26.3 Å². The van der Waals surface area contributed by atoms with Crippen LogP contribution in [0, 0.1) is 0 Å². The minimum atomic E-state index is -0.631. The largest absolute Gasteiger partial charge is 0.386 e. The fraction of sp³-hybridized carbons (Fsp3) is 0.0667. The molecule has 2 aromatic rings. The molecule has 102 valence electrons. The van der Waals surface area contributed by atoms with Gasteiger partial charge in [0.2, 0.25) is 0 Å². The quantitative estimate of drug-likeness (QED) is 0.283. The molecule has 0 saturated heterocycles. The highest BCUT2D eigenvalue weighted by atomic mass is 16.6. The van der Waals surface area contributed by atoms with E-state index >= 15 is 0 Å². The van der Waals surface area contributed by atoms with Gasteiger partial charge in [-0.2, -0.15) is 0 Å². The lowest BCUT2D eigenvalue weighted by Crippen LogP contribution is -2.19. The number of ether oxygens (including phenoxy) is 1. The van der Waals surface area contributed by atoms with E-state index in [4.69, 9.17) is 10.3 Å². The number of carbonyl (C=O) groups excluding carboxylic acids is 2. The van der Waals surface area contributed by atoms with Crippen LogP contribution in [0.15, 0.2) is 41.5 Å². The Morgan fingerprint density at radius 2 is 1.90 bits per heavy atom. The lowest BCUT2D eigenvalue weighted by molar-refractivity contribution is 0.0391. The lowest BCUT2D eigenvalue weighted by Gasteiger charge is -2.16. The topological polar surface area (TPSA) is 92.1 Å². The monoisotopic (exact) mass is 279 g/mol.